The number of aromatic nitrogens is 1. The first-order chi connectivity index (χ1) is 16.4. The third-order valence-corrected chi connectivity index (χ3v) is 7.24. The number of rotatable bonds is 5. The highest BCUT2D eigenvalue weighted by molar-refractivity contribution is 8.18. The number of thioether (sulfide) groups is 1. The van der Waals surface area contributed by atoms with Crippen molar-refractivity contribution in [3.63, 3.8) is 0 Å². The van der Waals surface area contributed by atoms with Crippen LogP contribution < -0.4 is 0 Å². The van der Waals surface area contributed by atoms with Crippen molar-refractivity contribution in [2.75, 3.05) is 0 Å². The average Bonchev–Trinajstić information content (AvgIpc) is 3.29. The first-order valence-corrected chi connectivity index (χ1v) is 12.0. The molecule has 0 aliphatic carbocycles. The van der Waals surface area contributed by atoms with Gasteiger partial charge < -0.3 is 4.57 Å². The zero-order chi connectivity index (χ0) is 23.8. The van der Waals surface area contributed by atoms with Gasteiger partial charge in [-0.2, -0.15) is 0 Å². The Kier molecular flexibility index (Phi) is 6.21. The Morgan fingerprint density at radius 3 is 2.32 bits per heavy atom. The molecular formula is C26H17Cl2FN2O2S. The van der Waals surface area contributed by atoms with E-state index in [1.165, 1.54) is 12.1 Å². The second-order valence-electron chi connectivity index (χ2n) is 7.82. The maximum Gasteiger partial charge on any atom is 0.293 e. The van der Waals surface area contributed by atoms with Crippen LogP contribution in [0.3, 0.4) is 0 Å². The van der Waals surface area contributed by atoms with E-state index in [4.69, 9.17) is 23.2 Å². The fourth-order valence-corrected chi connectivity index (χ4v) is 5.27. The number of imide groups is 1. The van der Waals surface area contributed by atoms with Crippen LogP contribution in [0.4, 0.5) is 9.18 Å². The molecule has 4 nitrogen and oxygen atoms in total. The zero-order valence-corrected chi connectivity index (χ0v) is 20.0. The topological polar surface area (TPSA) is 42.3 Å². The predicted molar refractivity (Wildman–Crippen MR) is 135 cm³/mol. The van der Waals surface area contributed by atoms with E-state index < -0.39 is 0 Å². The Morgan fingerprint density at radius 2 is 1.59 bits per heavy atom. The van der Waals surface area contributed by atoms with Crippen molar-refractivity contribution in [3.05, 3.63) is 110 Å². The summed E-state index contributed by atoms with van der Waals surface area (Å²) in [6.45, 7) is 0.550. The van der Waals surface area contributed by atoms with Gasteiger partial charge in [-0.1, -0.05) is 59.6 Å². The molecule has 2 amide bonds. The summed E-state index contributed by atoms with van der Waals surface area (Å²) in [5.41, 5.74) is 3.27. The Balaban J connectivity index is 1.47. The van der Waals surface area contributed by atoms with Crippen molar-refractivity contribution < 1.29 is 14.0 Å². The van der Waals surface area contributed by atoms with Gasteiger partial charge in [-0.15, -0.1) is 0 Å². The summed E-state index contributed by atoms with van der Waals surface area (Å²) in [6, 6.07) is 19.2. The SMILES string of the molecule is O=C1S/C(=C\c2cn(Cc3ccc(F)cc3)c3ccccc23)C(=O)N1Cc1c(Cl)cccc1Cl. The molecule has 0 unspecified atom stereocenters. The van der Waals surface area contributed by atoms with Crippen molar-refractivity contribution in [3.8, 4) is 0 Å². The molecule has 1 aliphatic rings. The first-order valence-electron chi connectivity index (χ1n) is 10.4. The highest BCUT2D eigenvalue weighted by Gasteiger charge is 2.36. The molecule has 4 aromatic rings. The lowest BCUT2D eigenvalue weighted by atomic mass is 10.1. The van der Waals surface area contributed by atoms with Gasteiger partial charge in [0, 0.05) is 44.8 Å². The van der Waals surface area contributed by atoms with Crippen molar-refractivity contribution in [1.29, 1.82) is 0 Å². The van der Waals surface area contributed by atoms with Crippen LogP contribution in [0.2, 0.25) is 10.0 Å². The molecule has 0 atom stereocenters. The number of hydrogen-bond acceptors (Lipinski definition) is 3. The molecule has 0 radical (unpaired) electrons. The summed E-state index contributed by atoms with van der Waals surface area (Å²) in [4.78, 5) is 27.2. The average molecular weight is 511 g/mol. The number of hydrogen-bond donors (Lipinski definition) is 0. The quantitative estimate of drug-likeness (QED) is 0.263. The van der Waals surface area contributed by atoms with Crippen molar-refractivity contribution in [2.45, 2.75) is 13.1 Å². The van der Waals surface area contributed by atoms with Gasteiger partial charge in [0.2, 0.25) is 0 Å². The highest BCUT2D eigenvalue weighted by atomic mass is 35.5. The fourth-order valence-electron chi connectivity index (χ4n) is 3.93. The lowest BCUT2D eigenvalue weighted by Gasteiger charge is -2.14. The molecule has 5 rings (SSSR count). The molecule has 1 fully saturated rings. The second kappa shape index (κ2) is 9.29. The summed E-state index contributed by atoms with van der Waals surface area (Å²) in [5, 5.41) is 1.38. The third-order valence-electron chi connectivity index (χ3n) is 5.62. The van der Waals surface area contributed by atoms with E-state index in [1.54, 1.807) is 36.4 Å². The van der Waals surface area contributed by atoms with Gasteiger partial charge in [0.25, 0.3) is 11.1 Å². The number of benzene rings is 3. The van der Waals surface area contributed by atoms with E-state index in [0.29, 0.717) is 27.1 Å². The Hall–Kier alpha value is -3.06. The van der Waals surface area contributed by atoms with Crippen molar-refractivity contribution in [1.82, 2.24) is 9.47 Å². The Labute approximate surface area is 209 Å². The molecule has 3 aromatic carbocycles. The fraction of sp³-hybridized carbons (Fsp3) is 0.0769. The first kappa shape index (κ1) is 22.7. The summed E-state index contributed by atoms with van der Waals surface area (Å²) in [7, 11) is 0. The molecule has 1 aliphatic heterocycles. The molecule has 34 heavy (non-hydrogen) atoms. The van der Waals surface area contributed by atoms with Gasteiger partial charge in [-0.3, -0.25) is 14.5 Å². The van der Waals surface area contributed by atoms with E-state index in [9.17, 15) is 14.0 Å². The normalized spacial score (nSPS) is 15.1. The van der Waals surface area contributed by atoms with Gasteiger partial charge in [-0.25, -0.2) is 4.39 Å². The number of amides is 2. The van der Waals surface area contributed by atoms with Gasteiger partial charge in [0.1, 0.15) is 5.82 Å². The zero-order valence-electron chi connectivity index (χ0n) is 17.7. The molecule has 0 saturated carbocycles. The number of nitrogens with zero attached hydrogens (tertiary/aromatic N) is 2. The van der Waals surface area contributed by atoms with Crippen LogP contribution in [0, 0.1) is 5.82 Å². The van der Waals surface area contributed by atoms with Crippen LogP contribution >= 0.6 is 35.0 Å². The largest absolute Gasteiger partial charge is 0.342 e. The van der Waals surface area contributed by atoms with Crippen LogP contribution in [0.15, 0.2) is 77.8 Å². The van der Waals surface area contributed by atoms with Crippen molar-refractivity contribution >= 4 is 63.1 Å². The molecule has 8 heteroatoms. The van der Waals surface area contributed by atoms with Crippen LogP contribution in [0.1, 0.15) is 16.7 Å². The lowest BCUT2D eigenvalue weighted by molar-refractivity contribution is -0.123. The molecule has 1 saturated heterocycles. The summed E-state index contributed by atoms with van der Waals surface area (Å²) < 4.78 is 15.3. The minimum atomic E-state index is -0.388. The molecule has 1 aromatic heterocycles. The number of carbonyl (C=O) groups excluding carboxylic acids is 2. The maximum absolute atomic E-state index is 13.3. The highest BCUT2D eigenvalue weighted by Crippen LogP contribution is 2.37. The van der Waals surface area contributed by atoms with Crippen LogP contribution in [-0.2, 0) is 17.9 Å². The summed E-state index contributed by atoms with van der Waals surface area (Å²) >= 11 is 13.4. The van der Waals surface area contributed by atoms with E-state index in [1.807, 2.05) is 35.0 Å². The van der Waals surface area contributed by atoms with Crippen molar-refractivity contribution in [2.24, 2.45) is 0 Å². The monoisotopic (exact) mass is 510 g/mol. The van der Waals surface area contributed by atoms with E-state index in [2.05, 4.69) is 0 Å². The lowest BCUT2D eigenvalue weighted by Crippen LogP contribution is -2.27. The number of carbonyl (C=O) groups is 2. The maximum atomic E-state index is 13.3. The number of halogens is 3. The third kappa shape index (κ3) is 4.37. The molecular weight excluding hydrogens is 494 g/mol. The summed E-state index contributed by atoms with van der Waals surface area (Å²) in [6.07, 6.45) is 3.68. The van der Waals surface area contributed by atoms with Crippen LogP contribution in [0.5, 0.6) is 0 Å². The van der Waals surface area contributed by atoms with Crippen LogP contribution in [-0.4, -0.2) is 20.6 Å². The molecule has 2 heterocycles. The molecule has 0 spiro atoms. The van der Waals surface area contributed by atoms with Gasteiger partial charge in [0.05, 0.1) is 11.4 Å². The molecule has 0 bridgehead atoms. The summed E-state index contributed by atoms with van der Waals surface area (Å²) in [5.74, 6) is -0.669. The second-order valence-corrected chi connectivity index (χ2v) is 9.63. The minimum absolute atomic E-state index is 0.00679. The van der Waals surface area contributed by atoms with Gasteiger partial charge in [-0.05, 0) is 53.7 Å². The Morgan fingerprint density at radius 1 is 0.882 bits per heavy atom. The minimum Gasteiger partial charge on any atom is -0.342 e. The standard InChI is InChI=1S/C26H17Cl2FN2O2S/c27-21-5-3-6-22(28)20(21)15-31-25(32)24(34-26(31)33)12-17-14-30(23-7-2-1-4-19(17)23)13-16-8-10-18(29)11-9-16/h1-12,14H,13,15H2/b24-12-. The number of fused-ring (bicyclic) bond motifs is 1. The van der Waals surface area contributed by atoms with E-state index in [0.717, 1.165) is 38.7 Å². The number of para-hydroxylation sites is 1. The van der Waals surface area contributed by atoms with Gasteiger partial charge in [0.15, 0.2) is 0 Å². The van der Waals surface area contributed by atoms with E-state index in [-0.39, 0.29) is 23.5 Å². The van der Waals surface area contributed by atoms with Crippen LogP contribution in [0.25, 0.3) is 17.0 Å². The van der Waals surface area contributed by atoms with E-state index >= 15 is 0 Å². The molecule has 170 valence electrons. The molecule has 0 N–H and O–H groups in total. The smallest absolute Gasteiger partial charge is 0.293 e. The predicted octanol–water partition coefficient (Wildman–Crippen LogP) is 7.37. The van der Waals surface area contributed by atoms with Gasteiger partial charge >= 0.3 is 0 Å². The Bertz CT molecular complexity index is 1440.